The number of carbonyl (C=O) groups excluding carboxylic acids is 2. The zero-order chi connectivity index (χ0) is 31.5. The number of anilines is 1. The lowest BCUT2D eigenvalue weighted by atomic mass is 10.0. The molecule has 4 rings (SSSR count). The van der Waals surface area contributed by atoms with Crippen LogP contribution in [-0.2, 0) is 32.6 Å². The predicted molar refractivity (Wildman–Crippen MR) is 174 cm³/mol. The molecule has 0 aromatic heterocycles. The van der Waals surface area contributed by atoms with Crippen LogP contribution >= 0.6 is 0 Å². The maximum atomic E-state index is 14.2. The Morgan fingerprint density at radius 1 is 0.818 bits per heavy atom. The molecule has 0 saturated carbocycles. The molecule has 230 valence electrons. The lowest BCUT2D eigenvalue weighted by Crippen LogP contribution is -2.53. The molecule has 1 N–H and O–H groups in total. The van der Waals surface area contributed by atoms with E-state index in [1.54, 1.807) is 24.3 Å². The zero-order valence-corrected chi connectivity index (χ0v) is 26.2. The summed E-state index contributed by atoms with van der Waals surface area (Å²) in [6, 6.07) is 32.1. The van der Waals surface area contributed by atoms with E-state index in [1.165, 1.54) is 4.90 Å². The molecule has 0 saturated heterocycles. The molecule has 4 aromatic rings. The number of aryl methyl sites for hydroxylation is 1. The molecule has 0 unspecified atom stereocenters. The Morgan fingerprint density at radius 2 is 1.43 bits per heavy atom. The van der Waals surface area contributed by atoms with Crippen LogP contribution in [0.2, 0.25) is 0 Å². The molecular formula is C35H39N3O5S. The number of hydrogen-bond donors (Lipinski definition) is 1. The normalized spacial score (nSPS) is 11.8. The van der Waals surface area contributed by atoms with Crippen LogP contribution < -0.4 is 14.4 Å². The molecule has 8 nitrogen and oxygen atoms in total. The third kappa shape index (κ3) is 9.18. The predicted octanol–water partition coefficient (Wildman–Crippen LogP) is 5.72. The molecule has 0 heterocycles. The highest BCUT2D eigenvalue weighted by atomic mass is 32.2. The van der Waals surface area contributed by atoms with Gasteiger partial charge in [-0.1, -0.05) is 85.3 Å². The van der Waals surface area contributed by atoms with Crippen molar-refractivity contribution in [2.45, 2.75) is 39.3 Å². The lowest BCUT2D eigenvalue weighted by molar-refractivity contribution is -0.140. The average Bonchev–Trinajstić information content (AvgIpc) is 3.01. The third-order valence-electron chi connectivity index (χ3n) is 7.04. The summed E-state index contributed by atoms with van der Waals surface area (Å²) < 4.78 is 33.0. The summed E-state index contributed by atoms with van der Waals surface area (Å²) in [4.78, 5) is 29.3. The second-order valence-corrected chi connectivity index (χ2v) is 12.6. The van der Waals surface area contributed by atoms with Gasteiger partial charge in [0.15, 0.2) is 0 Å². The van der Waals surface area contributed by atoms with E-state index in [0.717, 1.165) is 33.7 Å². The number of ether oxygens (including phenoxy) is 1. The van der Waals surface area contributed by atoms with Gasteiger partial charge in [-0.2, -0.15) is 0 Å². The zero-order valence-electron chi connectivity index (χ0n) is 25.3. The van der Waals surface area contributed by atoms with Crippen LogP contribution in [0.15, 0.2) is 109 Å². The van der Waals surface area contributed by atoms with Crippen LogP contribution in [0, 0.1) is 6.92 Å². The van der Waals surface area contributed by atoms with Gasteiger partial charge in [-0.25, -0.2) is 8.42 Å². The molecule has 0 aliphatic carbocycles. The van der Waals surface area contributed by atoms with Gasteiger partial charge in [-0.05, 0) is 60.9 Å². The van der Waals surface area contributed by atoms with Crippen molar-refractivity contribution in [3.63, 3.8) is 0 Å². The standard InChI is InChI=1S/C35H39N3O5S/c1-4-22-36-35(40)33(24-28-13-7-5-8-14-28)37(25-29-15-11-12-27(2)23-29)34(39)26-38(44(3,41)42)30-18-20-32(21-19-30)43-31-16-9-6-10-17-31/h5-21,23,33H,4,22,24-26H2,1-3H3,(H,36,40)/t33-/m0/s1. The molecule has 0 spiro atoms. The lowest BCUT2D eigenvalue weighted by Gasteiger charge is -2.33. The van der Waals surface area contributed by atoms with Crippen LogP contribution in [0.3, 0.4) is 0 Å². The van der Waals surface area contributed by atoms with Crippen molar-refractivity contribution in [2.24, 2.45) is 0 Å². The highest BCUT2D eigenvalue weighted by molar-refractivity contribution is 7.92. The van der Waals surface area contributed by atoms with E-state index in [2.05, 4.69) is 5.32 Å². The van der Waals surface area contributed by atoms with Crippen LogP contribution in [-0.4, -0.2) is 50.5 Å². The van der Waals surface area contributed by atoms with Crippen molar-refractivity contribution in [3.05, 3.63) is 126 Å². The maximum absolute atomic E-state index is 14.2. The van der Waals surface area contributed by atoms with Crippen LogP contribution in [0.25, 0.3) is 0 Å². The summed E-state index contributed by atoms with van der Waals surface area (Å²) in [6.45, 7) is 4.04. The first-order valence-corrected chi connectivity index (χ1v) is 16.5. The first-order chi connectivity index (χ1) is 21.1. The molecule has 0 radical (unpaired) electrons. The number of hydrogen-bond acceptors (Lipinski definition) is 5. The smallest absolute Gasteiger partial charge is 0.244 e. The Morgan fingerprint density at radius 3 is 2.05 bits per heavy atom. The van der Waals surface area contributed by atoms with Gasteiger partial charge in [-0.15, -0.1) is 0 Å². The minimum absolute atomic E-state index is 0.138. The molecule has 1 atom stereocenters. The van der Waals surface area contributed by atoms with E-state index in [9.17, 15) is 18.0 Å². The third-order valence-corrected chi connectivity index (χ3v) is 8.18. The number of carbonyl (C=O) groups is 2. The topological polar surface area (TPSA) is 96.0 Å². The van der Waals surface area contributed by atoms with Gasteiger partial charge in [0.1, 0.15) is 24.1 Å². The van der Waals surface area contributed by atoms with E-state index in [-0.39, 0.29) is 18.9 Å². The highest BCUT2D eigenvalue weighted by Crippen LogP contribution is 2.26. The van der Waals surface area contributed by atoms with E-state index in [0.29, 0.717) is 23.7 Å². The molecular weight excluding hydrogens is 574 g/mol. The second kappa shape index (κ2) is 15.2. The minimum atomic E-state index is -3.87. The summed E-state index contributed by atoms with van der Waals surface area (Å²) in [7, 11) is -3.87. The molecule has 9 heteroatoms. The maximum Gasteiger partial charge on any atom is 0.244 e. The Bertz CT molecular complexity index is 1630. The highest BCUT2D eigenvalue weighted by Gasteiger charge is 2.33. The van der Waals surface area contributed by atoms with Crippen LogP contribution in [0.4, 0.5) is 5.69 Å². The monoisotopic (exact) mass is 613 g/mol. The first-order valence-electron chi connectivity index (χ1n) is 14.6. The largest absolute Gasteiger partial charge is 0.457 e. The first kappa shape index (κ1) is 32.3. The Labute approximate surface area is 260 Å². The molecule has 4 aromatic carbocycles. The van der Waals surface area contributed by atoms with E-state index in [1.807, 2.05) is 98.8 Å². The molecule has 0 fully saturated rings. The van der Waals surface area contributed by atoms with Crippen molar-refractivity contribution in [3.8, 4) is 11.5 Å². The second-order valence-electron chi connectivity index (χ2n) is 10.7. The average molecular weight is 614 g/mol. The Kier molecular flexibility index (Phi) is 11.2. The van der Waals surface area contributed by atoms with Gasteiger partial charge in [0, 0.05) is 19.5 Å². The number of amides is 2. The van der Waals surface area contributed by atoms with Gasteiger partial charge in [0.25, 0.3) is 0 Å². The van der Waals surface area contributed by atoms with E-state index in [4.69, 9.17) is 4.74 Å². The summed E-state index contributed by atoms with van der Waals surface area (Å²) in [6.07, 6.45) is 2.08. The minimum Gasteiger partial charge on any atom is -0.457 e. The van der Waals surface area contributed by atoms with Gasteiger partial charge < -0.3 is 15.0 Å². The van der Waals surface area contributed by atoms with Gasteiger partial charge in [-0.3, -0.25) is 13.9 Å². The number of nitrogens with one attached hydrogen (secondary N) is 1. The van der Waals surface area contributed by atoms with Crippen LogP contribution in [0.1, 0.15) is 30.0 Å². The number of nitrogens with zero attached hydrogens (tertiary/aromatic N) is 2. The van der Waals surface area contributed by atoms with Gasteiger partial charge in [0.2, 0.25) is 21.8 Å². The summed E-state index contributed by atoms with van der Waals surface area (Å²) in [5.74, 6) is 0.392. The molecule has 0 bridgehead atoms. The van der Waals surface area contributed by atoms with Crippen LogP contribution in [0.5, 0.6) is 11.5 Å². The van der Waals surface area contributed by atoms with Crippen molar-refractivity contribution < 1.29 is 22.7 Å². The summed E-state index contributed by atoms with van der Waals surface area (Å²) in [5.41, 5.74) is 3.06. The van der Waals surface area contributed by atoms with Crippen molar-refractivity contribution in [1.82, 2.24) is 10.2 Å². The van der Waals surface area contributed by atoms with E-state index < -0.39 is 28.5 Å². The molecule has 0 aliphatic rings. The number of benzene rings is 4. The van der Waals surface area contributed by atoms with Gasteiger partial charge in [0.05, 0.1) is 11.9 Å². The number of rotatable bonds is 14. The number of sulfonamides is 1. The van der Waals surface area contributed by atoms with Crippen molar-refractivity contribution in [1.29, 1.82) is 0 Å². The fourth-order valence-corrected chi connectivity index (χ4v) is 5.70. The number of para-hydroxylation sites is 1. The Hall–Kier alpha value is -4.63. The summed E-state index contributed by atoms with van der Waals surface area (Å²) >= 11 is 0. The molecule has 44 heavy (non-hydrogen) atoms. The van der Waals surface area contributed by atoms with E-state index >= 15 is 0 Å². The summed E-state index contributed by atoms with van der Waals surface area (Å²) in [5, 5.41) is 2.95. The Balaban J connectivity index is 1.67. The fourth-order valence-electron chi connectivity index (χ4n) is 4.85. The molecule has 2 amide bonds. The fraction of sp³-hybridized carbons (Fsp3) is 0.257. The quantitative estimate of drug-likeness (QED) is 0.196. The molecule has 0 aliphatic heterocycles. The van der Waals surface area contributed by atoms with Crippen molar-refractivity contribution in [2.75, 3.05) is 23.7 Å². The van der Waals surface area contributed by atoms with Gasteiger partial charge >= 0.3 is 0 Å². The van der Waals surface area contributed by atoms with Crippen molar-refractivity contribution >= 4 is 27.5 Å². The SMILES string of the molecule is CCCNC(=O)[C@H](Cc1ccccc1)N(Cc1cccc(C)c1)C(=O)CN(c1ccc(Oc2ccccc2)cc1)S(C)(=O)=O.